The summed E-state index contributed by atoms with van der Waals surface area (Å²) in [5.74, 6) is 0.892. The van der Waals surface area contributed by atoms with Crippen LogP contribution in [-0.4, -0.2) is 11.7 Å². The highest BCUT2D eigenvalue weighted by Crippen LogP contribution is 2.35. The van der Waals surface area contributed by atoms with Crippen molar-refractivity contribution in [2.45, 2.75) is 6.54 Å². The Morgan fingerprint density at radius 1 is 0.545 bits per heavy atom. The molecule has 0 unspecified atom stereocenters. The van der Waals surface area contributed by atoms with Crippen molar-refractivity contribution in [3.8, 4) is 11.1 Å². The van der Waals surface area contributed by atoms with E-state index in [1.165, 1.54) is 0 Å². The van der Waals surface area contributed by atoms with Crippen molar-refractivity contribution in [2.75, 3.05) is 0 Å². The van der Waals surface area contributed by atoms with E-state index in [9.17, 15) is 0 Å². The van der Waals surface area contributed by atoms with E-state index in [4.69, 9.17) is 24.6 Å². The molecule has 5 nitrogen and oxygen atoms in total. The first kappa shape index (κ1) is 25.7. The van der Waals surface area contributed by atoms with Crippen LogP contribution in [0.25, 0.3) is 55.0 Å². The number of nitrogens with two attached hydrogens (primary N) is 1. The predicted molar refractivity (Wildman–Crippen MR) is 180 cm³/mol. The number of fused-ring (bicyclic) bond motifs is 6. The maximum absolute atomic E-state index is 6.85. The minimum Gasteiger partial charge on any atom is -0.456 e. The zero-order valence-corrected chi connectivity index (χ0v) is 23.8. The molecule has 0 aliphatic heterocycles. The van der Waals surface area contributed by atoms with Crippen LogP contribution in [-0.2, 0) is 6.54 Å². The van der Waals surface area contributed by atoms with E-state index < -0.39 is 0 Å². The third-order valence-electron chi connectivity index (χ3n) is 8.00. The second-order valence-electron chi connectivity index (χ2n) is 10.8. The van der Waals surface area contributed by atoms with Crippen molar-refractivity contribution in [1.82, 2.24) is 0 Å². The number of aliphatic imine (C=N–C) groups is 2. The van der Waals surface area contributed by atoms with Gasteiger partial charge in [0, 0.05) is 32.7 Å². The van der Waals surface area contributed by atoms with Gasteiger partial charge in [-0.2, -0.15) is 0 Å². The second-order valence-corrected chi connectivity index (χ2v) is 10.8. The highest BCUT2D eigenvalue weighted by molar-refractivity contribution is 6.21. The standard InChI is InChI=1S/C39H27N3O2/c40-38(31-15-9-17-35-37(31)32-22-27(19-21-34(32)43-35)26-12-5-2-6-13-26)42-39(41-24-25-10-3-1-4-11-25)28-18-20-30-29-14-7-8-16-33(29)44-36(30)23-28/h1-23H,24H2,(H2,40,41,42). The number of hydrogen-bond donors (Lipinski definition) is 1. The average Bonchev–Trinajstić information content (AvgIpc) is 3.65. The van der Waals surface area contributed by atoms with Crippen LogP contribution in [0.15, 0.2) is 158 Å². The summed E-state index contributed by atoms with van der Waals surface area (Å²) in [5.41, 5.74) is 15.0. The third-order valence-corrected chi connectivity index (χ3v) is 8.00. The van der Waals surface area contributed by atoms with E-state index in [0.717, 1.165) is 71.7 Å². The van der Waals surface area contributed by atoms with Crippen molar-refractivity contribution in [3.05, 3.63) is 156 Å². The molecule has 8 rings (SSSR count). The van der Waals surface area contributed by atoms with Crippen LogP contribution in [0.5, 0.6) is 0 Å². The third kappa shape index (κ3) is 4.61. The van der Waals surface area contributed by atoms with Gasteiger partial charge >= 0.3 is 0 Å². The predicted octanol–water partition coefficient (Wildman–Crippen LogP) is 9.50. The molecule has 2 heterocycles. The van der Waals surface area contributed by atoms with Crippen LogP contribution >= 0.6 is 0 Å². The van der Waals surface area contributed by atoms with Gasteiger partial charge in [-0.15, -0.1) is 0 Å². The van der Waals surface area contributed by atoms with Gasteiger partial charge in [-0.05, 0) is 53.1 Å². The lowest BCUT2D eigenvalue weighted by molar-refractivity contribution is 0.668. The summed E-state index contributed by atoms with van der Waals surface area (Å²) >= 11 is 0. The molecule has 210 valence electrons. The first-order chi connectivity index (χ1) is 21.7. The fourth-order valence-electron chi connectivity index (χ4n) is 5.83. The molecule has 0 fully saturated rings. The lowest BCUT2D eigenvalue weighted by Crippen LogP contribution is -2.17. The molecular formula is C39H27N3O2. The van der Waals surface area contributed by atoms with E-state index in [2.05, 4.69) is 48.5 Å². The van der Waals surface area contributed by atoms with Crippen LogP contribution in [0.4, 0.5) is 0 Å². The Labute approximate surface area is 253 Å². The number of amidine groups is 2. The zero-order chi connectivity index (χ0) is 29.5. The maximum Gasteiger partial charge on any atom is 0.157 e. The molecule has 0 aliphatic carbocycles. The van der Waals surface area contributed by atoms with Gasteiger partial charge in [-0.25, -0.2) is 4.99 Å². The van der Waals surface area contributed by atoms with E-state index >= 15 is 0 Å². The molecule has 0 aliphatic rings. The van der Waals surface area contributed by atoms with E-state index in [0.29, 0.717) is 18.2 Å². The van der Waals surface area contributed by atoms with Gasteiger partial charge in [0.15, 0.2) is 5.84 Å². The number of benzene rings is 6. The van der Waals surface area contributed by atoms with Crippen LogP contribution in [0.3, 0.4) is 0 Å². The van der Waals surface area contributed by atoms with E-state index in [1.807, 2.05) is 91.0 Å². The Kier molecular flexibility index (Phi) is 6.27. The molecule has 2 N–H and O–H groups in total. The molecule has 6 aromatic carbocycles. The molecule has 0 bridgehead atoms. The lowest BCUT2D eigenvalue weighted by Gasteiger charge is -2.07. The van der Waals surface area contributed by atoms with Gasteiger partial charge in [0.25, 0.3) is 0 Å². The molecule has 0 spiro atoms. The van der Waals surface area contributed by atoms with Crippen molar-refractivity contribution in [3.63, 3.8) is 0 Å². The SMILES string of the molecule is N/C(=N\C(=N/Cc1ccccc1)c1ccc2c(c1)oc1ccccc12)c1cccc2oc3ccc(-c4ccccc4)cc3c12. The minimum absolute atomic E-state index is 0.361. The fraction of sp³-hybridized carbons (Fsp3) is 0.0256. The Morgan fingerprint density at radius 2 is 1.25 bits per heavy atom. The van der Waals surface area contributed by atoms with Crippen LogP contribution in [0.2, 0.25) is 0 Å². The monoisotopic (exact) mass is 569 g/mol. The zero-order valence-electron chi connectivity index (χ0n) is 23.8. The first-order valence-electron chi connectivity index (χ1n) is 14.6. The Hall–Kier alpha value is -5.94. The molecule has 44 heavy (non-hydrogen) atoms. The van der Waals surface area contributed by atoms with Crippen LogP contribution < -0.4 is 5.73 Å². The summed E-state index contributed by atoms with van der Waals surface area (Å²) in [7, 11) is 0. The van der Waals surface area contributed by atoms with Crippen molar-refractivity contribution >= 4 is 55.5 Å². The van der Waals surface area contributed by atoms with Gasteiger partial charge in [0.05, 0.1) is 6.54 Å². The number of nitrogens with zero attached hydrogens (tertiary/aromatic N) is 2. The normalized spacial score (nSPS) is 12.5. The summed E-state index contributed by atoms with van der Waals surface area (Å²) in [6.07, 6.45) is 0. The molecule has 0 saturated carbocycles. The molecule has 0 radical (unpaired) electrons. The van der Waals surface area contributed by atoms with Gasteiger partial charge in [0.1, 0.15) is 28.2 Å². The topological polar surface area (TPSA) is 77.0 Å². The first-order valence-corrected chi connectivity index (χ1v) is 14.6. The Bertz CT molecular complexity index is 2360. The van der Waals surface area contributed by atoms with Crippen LogP contribution in [0, 0.1) is 0 Å². The van der Waals surface area contributed by atoms with E-state index in [1.54, 1.807) is 0 Å². The second kappa shape index (κ2) is 10.7. The summed E-state index contributed by atoms with van der Waals surface area (Å²) < 4.78 is 12.4. The summed E-state index contributed by atoms with van der Waals surface area (Å²) in [6.45, 7) is 0.463. The summed E-state index contributed by atoms with van der Waals surface area (Å²) in [5, 5.41) is 4.04. The molecule has 0 atom stereocenters. The number of hydrogen-bond acceptors (Lipinski definition) is 3. The molecule has 8 aromatic rings. The highest BCUT2D eigenvalue weighted by atomic mass is 16.3. The van der Waals surface area contributed by atoms with Gasteiger partial charge in [-0.3, -0.25) is 4.99 Å². The van der Waals surface area contributed by atoms with Crippen molar-refractivity contribution < 1.29 is 8.83 Å². The van der Waals surface area contributed by atoms with Crippen LogP contribution in [0.1, 0.15) is 16.7 Å². The largest absolute Gasteiger partial charge is 0.456 e. The smallest absolute Gasteiger partial charge is 0.157 e. The van der Waals surface area contributed by atoms with Crippen molar-refractivity contribution in [1.29, 1.82) is 0 Å². The fourth-order valence-corrected chi connectivity index (χ4v) is 5.83. The molecular weight excluding hydrogens is 542 g/mol. The average molecular weight is 570 g/mol. The van der Waals surface area contributed by atoms with Crippen molar-refractivity contribution in [2.24, 2.45) is 15.7 Å². The minimum atomic E-state index is 0.361. The van der Waals surface area contributed by atoms with Gasteiger partial charge < -0.3 is 14.6 Å². The lowest BCUT2D eigenvalue weighted by atomic mass is 10.0. The quantitative estimate of drug-likeness (QED) is 0.166. The van der Waals surface area contributed by atoms with E-state index in [-0.39, 0.29) is 0 Å². The molecule has 0 amide bonds. The van der Waals surface area contributed by atoms with Gasteiger partial charge in [0.2, 0.25) is 0 Å². The maximum atomic E-state index is 6.85. The Balaban J connectivity index is 1.27. The highest BCUT2D eigenvalue weighted by Gasteiger charge is 2.16. The summed E-state index contributed by atoms with van der Waals surface area (Å²) in [6, 6.07) is 46.8. The number of para-hydroxylation sites is 1. The number of rotatable bonds is 5. The molecule has 0 saturated heterocycles. The molecule has 5 heteroatoms. The molecule has 2 aromatic heterocycles. The number of furan rings is 2. The Morgan fingerprint density at radius 3 is 2.11 bits per heavy atom. The van der Waals surface area contributed by atoms with Gasteiger partial charge in [-0.1, -0.05) is 103 Å². The summed E-state index contributed by atoms with van der Waals surface area (Å²) in [4.78, 5) is 9.93.